The Morgan fingerprint density at radius 1 is 1.27 bits per heavy atom. The molecule has 2 amide bonds. The summed E-state index contributed by atoms with van der Waals surface area (Å²) in [6, 6.07) is -0.238. The minimum Gasteiger partial charge on any atom is -0.340 e. The Hall–Kier alpha value is -0.810. The standard InChI is InChI=1S/C16H29N3O2.ClH/c1-3-6-14(20)19-9-5-4-7-13(19)15(21)18-10-8-16(2,11-17)12-18;/h13H,3-12,17H2,1-2H3;1H. The van der Waals surface area contributed by atoms with Crippen molar-refractivity contribution in [1.82, 2.24) is 9.80 Å². The first-order valence-corrected chi connectivity index (χ1v) is 8.29. The number of hydrogen-bond donors (Lipinski definition) is 1. The van der Waals surface area contributed by atoms with E-state index >= 15 is 0 Å². The van der Waals surface area contributed by atoms with Crippen molar-refractivity contribution in [3.8, 4) is 0 Å². The summed E-state index contributed by atoms with van der Waals surface area (Å²) >= 11 is 0. The first-order chi connectivity index (χ1) is 10.0. The van der Waals surface area contributed by atoms with Crippen LogP contribution in [0.1, 0.15) is 52.4 Å². The molecule has 0 radical (unpaired) electrons. The molecule has 0 spiro atoms. The van der Waals surface area contributed by atoms with Crippen LogP contribution in [-0.4, -0.2) is 53.8 Å². The van der Waals surface area contributed by atoms with Crippen LogP contribution >= 0.6 is 12.4 Å². The van der Waals surface area contributed by atoms with Gasteiger partial charge in [-0.05, 0) is 44.1 Å². The topological polar surface area (TPSA) is 66.6 Å². The Morgan fingerprint density at radius 3 is 2.59 bits per heavy atom. The predicted octanol–water partition coefficient (Wildman–Crippen LogP) is 1.79. The molecule has 0 saturated carbocycles. The third kappa shape index (κ3) is 4.13. The van der Waals surface area contributed by atoms with Crippen molar-refractivity contribution in [1.29, 1.82) is 0 Å². The maximum absolute atomic E-state index is 12.8. The second-order valence-corrected chi connectivity index (χ2v) is 6.87. The highest BCUT2D eigenvalue weighted by atomic mass is 35.5. The van der Waals surface area contributed by atoms with Crippen LogP contribution < -0.4 is 5.73 Å². The molecule has 2 atom stereocenters. The molecule has 0 aromatic carbocycles. The number of nitrogens with two attached hydrogens (primary N) is 1. The van der Waals surface area contributed by atoms with Gasteiger partial charge in [0.25, 0.3) is 0 Å². The smallest absolute Gasteiger partial charge is 0.245 e. The van der Waals surface area contributed by atoms with Gasteiger partial charge in [-0.2, -0.15) is 0 Å². The average Bonchev–Trinajstić information content (AvgIpc) is 2.90. The summed E-state index contributed by atoms with van der Waals surface area (Å²) in [4.78, 5) is 28.8. The fourth-order valence-electron chi connectivity index (χ4n) is 3.43. The van der Waals surface area contributed by atoms with Crippen LogP contribution in [0.5, 0.6) is 0 Å². The lowest BCUT2D eigenvalue weighted by molar-refractivity contribution is -0.147. The highest BCUT2D eigenvalue weighted by Crippen LogP contribution is 2.30. The van der Waals surface area contributed by atoms with Crippen LogP contribution in [0.2, 0.25) is 0 Å². The van der Waals surface area contributed by atoms with Crippen LogP contribution in [0.4, 0.5) is 0 Å². The van der Waals surface area contributed by atoms with E-state index in [1.54, 1.807) is 0 Å². The number of carbonyl (C=O) groups excluding carboxylic acids is 2. The van der Waals surface area contributed by atoms with E-state index in [0.29, 0.717) is 13.0 Å². The fraction of sp³-hybridized carbons (Fsp3) is 0.875. The Morgan fingerprint density at radius 2 is 2.00 bits per heavy atom. The summed E-state index contributed by atoms with van der Waals surface area (Å²) in [5, 5.41) is 0. The fourth-order valence-corrected chi connectivity index (χ4v) is 3.43. The molecule has 2 aliphatic heterocycles. The molecule has 6 heteroatoms. The van der Waals surface area contributed by atoms with Crippen molar-refractivity contribution in [2.75, 3.05) is 26.2 Å². The molecule has 0 aromatic rings. The highest BCUT2D eigenvalue weighted by molar-refractivity contribution is 5.88. The second kappa shape index (κ2) is 8.16. The number of likely N-dealkylation sites (tertiary alicyclic amines) is 2. The summed E-state index contributed by atoms with van der Waals surface area (Å²) < 4.78 is 0. The van der Waals surface area contributed by atoms with Gasteiger partial charge in [0.1, 0.15) is 6.04 Å². The summed E-state index contributed by atoms with van der Waals surface area (Å²) in [5.74, 6) is 0.271. The number of rotatable bonds is 4. The van der Waals surface area contributed by atoms with Crippen LogP contribution in [-0.2, 0) is 9.59 Å². The van der Waals surface area contributed by atoms with Crippen LogP contribution in [0.25, 0.3) is 0 Å². The molecule has 0 aromatic heterocycles. The van der Waals surface area contributed by atoms with E-state index in [0.717, 1.165) is 51.7 Å². The zero-order chi connectivity index (χ0) is 15.5. The predicted molar refractivity (Wildman–Crippen MR) is 89.9 cm³/mol. The van der Waals surface area contributed by atoms with Crippen molar-refractivity contribution >= 4 is 24.2 Å². The van der Waals surface area contributed by atoms with E-state index in [9.17, 15) is 9.59 Å². The third-order valence-corrected chi connectivity index (χ3v) is 4.93. The number of hydrogen-bond acceptors (Lipinski definition) is 3. The molecule has 2 N–H and O–H groups in total. The summed E-state index contributed by atoms with van der Waals surface area (Å²) in [6.45, 7) is 7.00. The van der Waals surface area contributed by atoms with E-state index in [-0.39, 0.29) is 35.7 Å². The summed E-state index contributed by atoms with van der Waals surface area (Å²) in [6.07, 6.45) is 5.21. The molecule has 22 heavy (non-hydrogen) atoms. The van der Waals surface area contributed by atoms with Crippen molar-refractivity contribution in [3.63, 3.8) is 0 Å². The number of amides is 2. The van der Waals surface area contributed by atoms with Crippen molar-refractivity contribution in [3.05, 3.63) is 0 Å². The Balaban J connectivity index is 0.00000242. The summed E-state index contributed by atoms with van der Waals surface area (Å²) in [5.41, 5.74) is 5.87. The summed E-state index contributed by atoms with van der Waals surface area (Å²) in [7, 11) is 0. The maximum Gasteiger partial charge on any atom is 0.245 e. The minimum atomic E-state index is -0.238. The van der Waals surface area contributed by atoms with Crippen molar-refractivity contribution in [2.45, 2.75) is 58.4 Å². The van der Waals surface area contributed by atoms with Gasteiger partial charge in [0.15, 0.2) is 0 Å². The molecule has 2 aliphatic rings. The Bertz CT molecular complexity index is 405. The van der Waals surface area contributed by atoms with Gasteiger partial charge in [0.05, 0.1) is 0 Å². The molecule has 2 fully saturated rings. The van der Waals surface area contributed by atoms with Crippen LogP contribution in [0.3, 0.4) is 0 Å². The van der Waals surface area contributed by atoms with Gasteiger partial charge in [-0.15, -0.1) is 12.4 Å². The van der Waals surface area contributed by atoms with Crippen molar-refractivity contribution in [2.24, 2.45) is 11.1 Å². The van der Waals surface area contributed by atoms with Crippen molar-refractivity contribution < 1.29 is 9.59 Å². The first-order valence-electron chi connectivity index (χ1n) is 8.29. The van der Waals surface area contributed by atoms with Gasteiger partial charge in [0, 0.05) is 26.1 Å². The molecule has 0 aliphatic carbocycles. The van der Waals surface area contributed by atoms with Gasteiger partial charge >= 0.3 is 0 Å². The molecular formula is C16H30ClN3O2. The van der Waals surface area contributed by atoms with Gasteiger partial charge in [-0.3, -0.25) is 9.59 Å². The van der Waals surface area contributed by atoms with Crippen LogP contribution in [0, 0.1) is 5.41 Å². The SMILES string of the molecule is CCCC(=O)N1CCCCC1C(=O)N1CCC(C)(CN)C1.Cl. The largest absolute Gasteiger partial charge is 0.340 e. The number of carbonyl (C=O) groups is 2. The number of piperidine rings is 1. The van der Waals surface area contributed by atoms with E-state index < -0.39 is 0 Å². The molecule has 2 heterocycles. The lowest BCUT2D eigenvalue weighted by Crippen LogP contribution is -2.53. The lowest BCUT2D eigenvalue weighted by atomic mass is 9.90. The quantitative estimate of drug-likeness (QED) is 0.854. The zero-order valence-electron chi connectivity index (χ0n) is 13.8. The molecule has 128 valence electrons. The Kier molecular flexibility index (Phi) is 7.13. The first kappa shape index (κ1) is 19.2. The highest BCUT2D eigenvalue weighted by Gasteiger charge is 2.40. The van der Waals surface area contributed by atoms with E-state index in [4.69, 9.17) is 5.73 Å². The Labute approximate surface area is 140 Å². The normalized spacial score (nSPS) is 28.4. The average molecular weight is 332 g/mol. The molecular weight excluding hydrogens is 302 g/mol. The van der Waals surface area contributed by atoms with Gasteiger partial charge < -0.3 is 15.5 Å². The number of nitrogens with zero attached hydrogens (tertiary/aromatic N) is 2. The molecule has 2 saturated heterocycles. The third-order valence-electron chi connectivity index (χ3n) is 4.93. The molecule has 5 nitrogen and oxygen atoms in total. The minimum absolute atomic E-state index is 0. The lowest BCUT2D eigenvalue weighted by Gasteiger charge is -2.37. The molecule has 2 unspecified atom stereocenters. The van der Waals surface area contributed by atoms with Gasteiger partial charge in [0.2, 0.25) is 11.8 Å². The van der Waals surface area contributed by atoms with Gasteiger partial charge in [-0.25, -0.2) is 0 Å². The van der Waals surface area contributed by atoms with Crippen LogP contribution in [0.15, 0.2) is 0 Å². The monoisotopic (exact) mass is 331 g/mol. The number of halogens is 1. The maximum atomic E-state index is 12.8. The van der Waals surface area contributed by atoms with E-state index in [2.05, 4.69) is 6.92 Å². The van der Waals surface area contributed by atoms with E-state index in [1.807, 2.05) is 16.7 Å². The molecule has 0 bridgehead atoms. The van der Waals surface area contributed by atoms with E-state index in [1.165, 1.54) is 0 Å². The second-order valence-electron chi connectivity index (χ2n) is 6.87. The zero-order valence-corrected chi connectivity index (χ0v) is 14.7. The van der Waals surface area contributed by atoms with Gasteiger partial charge in [-0.1, -0.05) is 13.8 Å². The molecule has 2 rings (SSSR count).